The molecule has 2 rings (SSSR count). The lowest BCUT2D eigenvalue weighted by Gasteiger charge is -2.13. The van der Waals surface area contributed by atoms with Crippen LogP contribution in [-0.4, -0.2) is 19.0 Å². The SMILES string of the molecule is Cc1cc(C)c(NCC(=O)NCCc2cccs2)c(C)c1. The van der Waals surface area contributed by atoms with Gasteiger partial charge in [0.1, 0.15) is 0 Å². The van der Waals surface area contributed by atoms with Crippen molar-refractivity contribution < 1.29 is 4.79 Å². The van der Waals surface area contributed by atoms with Gasteiger partial charge >= 0.3 is 0 Å². The van der Waals surface area contributed by atoms with Crippen molar-refractivity contribution in [2.24, 2.45) is 0 Å². The van der Waals surface area contributed by atoms with E-state index in [4.69, 9.17) is 0 Å². The van der Waals surface area contributed by atoms with Gasteiger partial charge in [0.05, 0.1) is 6.54 Å². The molecule has 0 unspecified atom stereocenters. The Morgan fingerprint density at radius 2 is 1.90 bits per heavy atom. The van der Waals surface area contributed by atoms with Gasteiger partial charge in [-0.1, -0.05) is 23.8 Å². The molecular weight excluding hydrogens is 280 g/mol. The van der Waals surface area contributed by atoms with Gasteiger partial charge in [0.15, 0.2) is 0 Å². The maximum atomic E-state index is 11.9. The van der Waals surface area contributed by atoms with E-state index in [1.807, 2.05) is 6.07 Å². The molecule has 21 heavy (non-hydrogen) atoms. The zero-order valence-electron chi connectivity index (χ0n) is 12.8. The summed E-state index contributed by atoms with van der Waals surface area (Å²) in [4.78, 5) is 13.2. The van der Waals surface area contributed by atoms with E-state index in [1.54, 1.807) is 11.3 Å². The minimum absolute atomic E-state index is 0.0333. The molecule has 0 atom stereocenters. The molecule has 112 valence electrons. The highest BCUT2D eigenvalue weighted by Crippen LogP contribution is 2.21. The molecule has 0 aliphatic carbocycles. The van der Waals surface area contributed by atoms with Crippen LogP contribution in [0.5, 0.6) is 0 Å². The highest BCUT2D eigenvalue weighted by molar-refractivity contribution is 7.09. The van der Waals surface area contributed by atoms with Crippen LogP contribution in [0.15, 0.2) is 29.6 Å². The van der Waals surface area contributed by atoms with Crippen LogP contribution in [0.25, 0.3) is 0 Å². The van der Waals surface area contributed by atoms with E-state index in [9.17, 15) is 4.79 Å². The van der Waals surface area contributed by atoms with Crippen LogP contribution < -0.4 is 10.6 Å². The monoisotopic (exact) mass is 302 g/mol. The van der Waals surface area contributed by atoms with E-state index in [0.29, 0.717) is 13.1 Å². The zero-order chi connectivity index (χ0) is 15.2. The standard InChI is InChI=1S/C17H22N2OS/c1-12-9-13(2)17(14(3)10-12)19-11-16(20)18-7-6-15-5-4-8-21-15/h4-5,8-10,19H,6-7,11H2,1-3H3,(H,18,20). The number of carbonyl (C=O) groups is 1. The number of hydrogen-bond acceptors (Lipinski definition) is 3. The third kappa shape index (κ3) is 4.60. The summed E-state index contributed by atoms with van der Waals surface area (Å²) in [5, 5.41) is 8.25. The molecule has 0 aliphatic heterocycles. The number of hydrogen-bond donors (Lipinski definition) is 2. The Hall–Kier alpha value is -1.81. The summed E-state index contributed by atoms with van der Waals surface area (Å²) in [6.45, 7) is 7.22. The van der Waals surface area contributed by atoms with Crippen molar-refractivity contribution in [2.75, 3.05) is 18.4 Å². The van der Waals surface area contributed by atoms with Gasteiger partial charge in [-0.2, -0.15) is 0 Å². The van der Waals surface area contributed by atoms with Gasteiger partial charge in [-0.15, -0.1) is 11.3 Å². The van der Waals surface area contributed by atoms with Gasteiger partial charge in [-0.25, -0.2) is 0 Å². The highest BCUT2D eigenvalue weighted by atomic mass is 32.1. The Kier molecular flexibility index (Phi) is 5.39. The third-order valence-electron chi connectivity index (χ3n) is 3.38. The largest absolute Gasteiger partial charge is 0.376 e. The molecule has 1 amide bonds. The van der Waals surface area contributed by atoms with Crippen LogP contribution in [0, 0.1) is 20.8 Å². The second kappa shape index (κ2) is 7.27. The topological polar surface area (TPSA) is 41.1 Å². The number of rotatable bonds is 6. The number of thiophene rings is 1. The minimum Gasteiger partial charge on any atom is -0.376 e. The van der Waals surface area contributed by atoms with Crippen LogP contribution in [0.4, 0.5) is 5.69 Å². The van der Waals surface area contributed by atoms with Gasteiger partial charge in [0.2, 0.25) is 5.91 Å². The molecule has 1 aromatic heterocycles. The first kappa shape index (κ1) is 15.6. The quantitative estimate of drug-likeness (QED) is 0.858. The summed E-state index contributed by atoms with van der Waals surface area (Å²) in [7, 11) is 0. The third-order valence-corrected chi connectivity index (χ3v) is 4.31. The van der Waals surface area contributed by atoms with Gasteiger partial charge in [0, 0.05) is 17.1 Å². The van der Waals surface area contributed by atoms with Crippen molar-refractivity contribution in [3.63, 3.8) is 0 Å². The molecule has 0 saturated heterocycles. The van der Waals surface area contributed by atoms with Crippen molar-refractivity contribution in [2.45, 2.75) is 27.2 Å². The summed E-state index contributed by atoms with van der Waals surface area (Å²) < 4.78 is 0. The van der Waals surface area contributed by atoms with Crippen LogP contribution >= 0.6 is 11.3 Å². The first-order valence-corrected chi connectivity index (χ1v) is 8.05. The van der Waals surface area contributed by atoms with Crippen LogP contribution in [0.3, 0.4) is 0 Å². The maximum absolute atomic E-state index is 11.9. The van der Waals surface area contributed by atoms with Crippen molar-refractivity contribution in [3.8, 4) is 0 Å². The summed E-state index contributed by atoms with van der Waals surface area (Å²) in [5.74, 6) is 0.0333. The lowest BCUT2D eigenvalue weighted by molar-refractivity contribution is -0.119. The summed E-state index contributed by atoms with van der Waals surface area (Å²) in [6, 6.07) is 8.38. The summed E-state index contributed by atoms with van der Waals surface area (Å²) in [6.07, 6.45) is 0.895. The van der Waals surface area contributed by atoms with E-state index in [1.165, 1.54) is 21.6 Å². The molecule has 0 saturated carbocycles. The summed E-state index contributed by atoms with van der Waals surface area (Å²) >= 11 is 1.72. The minimum atomic E-state index is 0.0333. The van der Waals surface area contributed by atoms with E-state index in [0.717, 1.165) is 12.1 Å². The Labute approximate surface area is 130 Å². The highest BCUT2D eigenvalue weighted by Gasteiger charge is 2.06. The first-order valence-electron chi connectivity index (χ1n) is 7.17. The molecule has 1 heterocycles. The molecule has 4 heteroatoms. The van der Waals surface area contributed by atoms with Crippen molar-refractivity contribution in [1.82, 2.24) is 5.32 Å². The van der Waals surface area contributed by atoms with Crippen molar-refractivity contribution in [3.05, 3.63) is 51.2 Å². The van der Waals surface area contributed by atoms with Crippen LogP contribution in [0.2, 0.25) is 0 Å². The molecule has 3 nitrogen and oxygen atoms in total. The number of nitrogens with one attached hydrogen (secondary N) is 2. The molecule has 0 fully saturated rings. The number of amides is 1. The van der Waals surface area contributed by atoms with E-state index < -0.39 is 0 Å². The van der Waals surface area contributed by atoms with Crippen LogP contribution in [0.1, 0.15) is 21.6 Å². The molecule has 1 aromatic carbocycles. The second-order valence-corrected chi connectivity index (χ2v) is 6.34. The smallest absolute Gasteiger partial charge is 0.239 e. The number of aryl methyl sites for hydroxylation is 3. The van der Waals surface area contributed by atoms with Crippen molar-refractivity contribution in [1.29, 1.82) is 0 Å². The predicted molar refractivity (Wildman–Crippen MR) is 90.2 cm³/mol. The Morgan fingerprint density at radius 3 is 2.52 bits per heavy atom. The van der Waals surface area contributed by atoms with E-state index in [-0.39, 0.29) is 5.91 Å². The average molecular weight is 302 g/mol. The molecule has 0 spiro atoms. The fourth-order valence-corrected chi connectivity index (χ4v) is 3.18. The number of anilines is 1. The van der Waals surface area contributed by atoms with Gasteiger partial charge in [0.25, 0.3) is 0 Å². The fraction of sp³-hybridized carbons (Fsp3) is 0.353. The Morgan fingerprint density at radius 1 is 1.19 bits per heavy atom. The number of benzene rings is 1. The lowest BCUT2D eigenvalue weighted by atomic mass is 10.1. The zero-order valence-corrected chi connectivity index (χ0v) is 13.6. The molecule has 2 aromatic rings. The molecule has 0 radical (unpaired) electrons. The second-order valence-electron chi connectivity index (χ2n) is 5.31. The predicted octanol–water partition coefficient (Wildman–Crippen LogP) is 3.44. The molecule has 0 bridgehead atoms. The van der Waals surface area contributed by atoms with Gasteiger partial charge < -0.3 is 10.6 Å². The average Bonchev–Trinajstić information content (AvgIpc) is 2.90. The van der Waals surface area contributed by atoms with Gasteiger partial charge in [-0.3, -0.25) is 4.79 Å². The number of carbonyl (C=O) groups excluding carboxylic acids is 1. The molecular formula is C17H22N2OS. The van der Waals surface area contributed by atoms with E-state index >= 15 is 0 Å². The normalized spacial score (nSPS) is 10.4. The first-order chi connectivity index (χ1) is 10.1. The Bertz CT molecular complexity index is 582. The van der Waals surface area contributed by atoms with Crippen LogP contribution in [-0.2, 0) is 11.2 Å². The molecule has 0 aliphatic rings. The Balaban J connectivity index is 1.79. The molecule has 2 N–H and O–H groups in total. The lowest BCUT2D eigenvalue weighted by Crippen LogP contribution is -2.31. The van der Waals surface area contributed by atoms with E-state index in [2.05, 4.69) is 55.0 Å². The van der Waals surface area contributed by atoms with Gasteiger partial charge in [-0.05, 0) is 49.8 Å². The maximum Gasteiger partial charge on any atom is 0.239 e. The fourth-order valence-electron chi connectivity index (χ4n) is 2.47. The van der Waals surface area contributed by atoms with Crippen molar-refractivity contribution >= 4 is 22.9 Å². The summed E-state index contributed by atoms with van der Waals surface area (Å²) in [5.41, 5.74) is 4.67.